The third-order valence-corrected chi connectivity index (χ3v) is 2.04. The van der Waals surface area contributed by atoms with Crippen molar-refractivity contribution in [2.24, 2.45) is 5.73 Å². The molecule has 0 aliphatic heterocycles. The molecule has 5 heteroatoms. The molecule has 0 bridgehead atoms. The number of ether oxygens (including phenoxy) is 2. The molecule has 0 radical (unpaired) electrons. The summed E-state index contributed by atoms with van der Waals surface area (Å²) in [4.78, 5) is 22.0. The Labute approximate surface area is 99.5 Å². The number of benzene rings is 1. The van der Waals surface area contributed by atoms with E-state index in [4.69, 9.17) is 10.5 Å². The van der Waals surface area contributed by atoms with Crippen molar-refractivity contribution >= 4 is 12.1 Å². The highest BCUT2D eigenvalue weighted by molar-refractivity contribution is 5.89. The van der Waals surface area contributed by atoms with Crippen LogP contribution in [0, 0.1) is 0 Å². The van der Waals surface area contributed by atoms with Gasteiger partial charge in [-0.15, -0.1) is 0 Å². The Morgan fingerprint density at radius 1 is 1.24 bits per heavy atom. The van der Waals surface area contributed by atoms with Crippen molar-refractivity contribution in [2.75, 3.05) is 6.61 Å². The van der Waals surface area contributed by atoms with Gasteiger partial charge in [-0.1, -0.05) is 13.3 Å². The summed E-state index contributed by atoms with van der Waals surface area (Å²) in [7, 11) is 0. The first-order chi connectivity index (χ1) is 8.13. The molecule has 0 saturated heterocycles. The first kappa shape index (κ1) is 13.0. The molecule has 17 heavy (non-hydrogen) atoms. The summed E-state index contributed by atoms with van der Waals surface area (Å²) in [5, 5.41) is 0. The predicted octanol–water partition coefficient (Wildman–Crippen LogP) is 2.10. The van der Waals surface area contributed by atoms with Crippen molar-refractivity contribution in [3.05, 3.63) is 29.8 Å². The minimum atomic E-state index is -0.886. The summed E-state index contributed by atoms with van der Waals surface area (Å²) in [5.74, 6) is -0.0910. The van der Waals surface area contributed by atoms with Gasteiger partial charge in [0.05, 0.1) is 12.2 Å². The maximum atomic E-state index is 11.5. The summed E-state index contributed by atoms with van der Waals surface area (Å²) in [6, 6.07) is 6.02. The van der Waals surface area contributed by atoms with Crippen LogP contribution in [0.5, 0.6) is 5.75 Å². The summed E-state index contributed by atoms with van der Waals surface area (Å²) < 4.78 is 9.65. The maximum Gasteiger partial charge on any atom is 0.409 e. The van der Waals surface area contributed by atoms with E-state index < -0.39 is 6.09 Å². The van der Waals surface area contributed by atoms with Gasteiger partial charge in [-0.3, -0.25) is 0 Å². The molecule has 0 heterocycles. The second-order valence-corrected chi connectivity index (χ2v) is 3.43. The number of unbranched alkanes of at least 4 members (excludes halogenated alkanes) is 1. The summed E-state index contributed by atoms with van der Waals surface area (Å²) in [6.07, 6.45) is 0.927. The molecule has 1 aromatic carbocycles. The SMILES string of the molecule is CCCCOC(=O)c1ccc(OC(N)=O)cc1. The van der Waals surface area contributed by atoms with Crippen LogP contribution in [-0.4, -0.2) is 18.7 Å². The zero-order valence-electron chi connectivity index (χ0n) is 9.64. The number of rotatable bonds is 5. The van der Waals surface area contributed by atoms with E-state index in [9.17, 15) is 9.59 Å². The average molecular weight is 237 g/mol. The molecule has 0 saturated carbocycles. The number of carbonyl (C=O) groups is 2. The monoisotopic (exact) mass is 237 g/mol. The second-order valence-electron chi connectivity index (χ2n) is 3.43. The van der Waals surface area contributed by atoms with Crippen molar-refractivity contribution < 1.29 is 19.1 Å². The maximum absolute atomic E-state index is 11.5. The molecule has 2 N–H and O–H groups in total. The second kappa shape index (κ2) is 6.52. The van der Waals surface area contributed by atoms with Crippen LogP contribution in [-0.2, 0) is 4.74 Å². The van der Waals surface area contributed by atoms with E-state index in [2.05, 4.69) is 4.74 Å². The largest absolute Gasteiger partial charge is 0.462 e. The van der Waals surface area contributed by atoms with E-state index >= 15 is 0 Å². The number of hydrogen-bond donors (Lipinski definition) is 1. The fourth-order valence-corrected chi connectivity index (χ4v) is 1.17. The zero-order chi connectivity index (χ0) is 12.7. The zero-order valence-corrected chi connectivity index (χ0v) is 9.64. The Bertz CT molecular complexity index is 386. The molecule has 0 aliphatic rings. The van der Waals surface area contributed by atoms with Crippen LogP contribution < -0.4 is 10.5 Å². The van der Waals surface area contributed by atoms with E-state index in [1.807, 2.05) is 6.92 Å². The number of nitrogens with two attached hydrogens (primary N) is 1. The van der Waals surface area contributed by atoms with Crippen molar-refractivity contribution in [3.8, 4) is 5.75 Å². The van der Waals surface area contributed by atoms with Crippen LogP contribution in [0.2, 0.25) is 0 Å². The lowest BCUT2D eigenvalue weighted by atomic mass is 10.2. The van der Waals surface area contributed by atoms with Crippen molar-refractivity contribution in [2.45, 2.75) is 19.8 Å². The number of hydrogen-bond acceptors (Lipinski definition) is 4. The Morgan fingerprint density at radius 3 is 2.41 bits per heavy atom. The van der Waals surface area contributed by atoms with Crippen LogP contribution in [0.3, 0.4) is 0 Å². The highest BCUT2D eigenvalue weighted by atomic mass is 16.5. The summed E-state index contributed by atoms with van der Waals surface area (Å²) in [6.45, 7) is 2.43. The van der Waals surface area contributed by atoms with Crippen LogP contribution in [0.15, 0.2) is 24.3 Å². The van der Waals surface area contributed by atoms with Gasteiger partial charge in [0.2, 0.25) is 0 Å². The molecular formula is C12H15NO4. The van der Waals surface area contributed by atoms with E-state index in [0.29, 0.717) is 17.9 Å². The van der Waals surface area contributed by atoms with Gasteiger partial charge in [0, 0.05) is 0 Å². The van der Waals surface area contributed by atoms with Gasteiger partial charge in [0.25, 0.3) is 0 Å². The molecule has 0 fully saturated rings. The van der Waals surface area contributed by atoms with Crippen LogP contribution in [0.1, 0.15) is 30.1 Å². The standard InChI is InChI=1S/C12H15NO4/c1-2-3-8-16-11(14)9-4-6-10(7-5-9)17-12(13)15/h4-7H,2-3,8H2,1H3,(H2,13,15). The molecule has 0 aromatic heterocycles. The third kappa shape index (κ3) is 4.55. The van der Waals surface area contributed by atoms with Gasteiger partial charge >= 0.3 is 12.1 Å². The van der Waals surface area contributed by atoms with Gasteiger partial charge in [-0.25, -0.2) is 9.59 Å². The highest BCUT2D eigenvalue weighted by Crippen LogP contribution is 2.13. The van der Waals surface area contributed by atoms with Gasteiger partial charge in [-0.2, -0.15) is 0 Å². The minimum Gasteiger partial charge on any atom is -0.462 e. The summed E-state index contributed by atoms with van der Waals surface area (Å²) in [5.41, 5.74) is 5.27. The Morgan fingerprint density at radius 2 is 1.88 bits per heavy atom. The van der Waals surface area contributed by atoms with E-state index in [-0.39, 0.29) is 5.97 Å². The molecule has 0 aliphatic carbocycles. The smallest absolute Gasteiger partial charge is 0.409 e. The molecular weight excluding hydrogens is 222 g/mol. The van der Waals surface area contributed by atoms with Crippen molar-refractivity contribution in [3.63, 3.8) is 0 Å². The first-order valence-electron chi connectivity index (χ1n) is 5.38. The molecule has 5 nitrogen and oxygen atoms in total. The molecule has 0 unspecified atom stereocenters. The van der Waals surface area contributed by atoms with E-state index in [0.717, 1.165) is 12.8 Å². The lowest BCUT2D eigenvalue weighted by Gasteiger charge is -2.04. The first-order valence-corrected chi connectivity index (χ1v) is 5.38. The number of primary amides is 1. The van der Waals surface area contributed by atoms with Crippen molar-refractivity contribution in [1.29, 1.82) is 0 Å². The molecule has 1 amide bonds. The van der Waals surface area contributed by atoms with Crippen LogP contribution in [0.25, 0.3) is 0 Å². The molecule has 1 aromatic rings. The Balaban J connectivity index is 2.54. The van der Waals surface area contributed by atoms with E-state index in [1.54, 1.807) is 0 Å². The lowest BCUT2D eigenvalue weighted by molar-refractivity contribution is 0.0500. The topological polar surface area (TPSA) is 78.6 Å². The number of esters is 1. The fraction of sp³-hybridized carbons (Fsp3) is 0.333. The fourth-order valence-electron chi connectivity index (χ4n) is 1.17. The van der Waals surface area contributed by atoms with Gasteiger partial charge < -0.3 is 15.2 Å². The molecule has 1 rings (SSSR count). The van der Waals surface area contributed by atoms with Gasteiger partial charge in [0.15, 0.2) is 0 Å². The summed E-state index contributed by atoms with van der Waals surface area (Å²) >= 11 is 0. The Hall–Kier alpha value is -2.04. The normalized spacial score (nSPS) is 9.71. The average Bonchev–Trinajstić information content (AvgIpc) is 2.29. The number of carbonyl (C=O) groups excluding carboxylic acids is 2. The molecule has 0 atom stereocenters. The third-order valence-electron chi connectivity index (χ3n) is 2.04. The van der Waals surface area contributed by atoms with E-state index in [1.165, 1.54) is 24.3 Å². The molecule has 0 spiro atoms. The van der Waals surface area contributed by atoms with Crippen LogP contribution >= 0.6 is 0 Å². The van der Waals surface area contributed by atoms with Gasteiger partial charge in [0.1, 0.15) is 5.75 Å². The lowest BCUT2D eigenvalue weighted by Crippen LogP contribution is -2.16. The quantitative estimate of drug-likeness (QED) is 0.628. The highest BCUT2D eigenvalue weighted by Gasteiger charge is 2.07. The number of amides is 1. The predicted molar refractivity (Wildman–Crippen MR) is 61.8 cm³/mol. The van der Waals surface area contributed by atoms with Crippen molar-refractivity contribution in [1.82, 2.24) is 0 Å². The van der Waals surface area contributed by atoms with Crippen LogP contribution in [0.4, 0.5) is 4.79 Å². The Kier molecular flexibility index (Phi) is 5.00. The van der Waals surface area contributed by atoms with Gasteiger partial charge in [-0.05, 0) is 30.7 Å². The molecule has 92 valence electrons. The minimum absolute atomic E-state index is 0.294.